The second-order valence-corrected chi connectivity index (χ2v) is 18.4. The summed E-state index contributed by atoms with van der Waals surface area (Å²) in [6.07, 6.45) is -0.389. The minimum absolute atomic E-state index is 0.00589. The van der Waals surface area contributed by atoms with Crippen LogP contribution in [0.25, 0.3) is 0 Å². The van der Waals surface area contributed by atoms with Crippen molar-refractivity contribution in [1.29, 1.82) is 0 Å². The molecule has 3 rings (SSSR count). The summed E-state index contributed by atoms with van der Waals surface area (Å²) in [6.45, 7) is 15.9. The molecule has 0 unspecified atom stereocenters. The Kier molecular flexibility index (Phi) is 21.2. The smallest absolute Gasteiger partial charge is 0.410 e. The Labute approximate surface area is 377 Å². The Morgan fingerprint density at radius 2 is 1.44 bits per heavy atom. The third-order valence-electron chi connectivity index (χ3n) is 13.4. The van der Waals surface area contributed by atoms with Gasteiger partial charge < -0.3 is 39.3 Å². The number of amides is 3. The van der Waals surface area contributed by atoms with Crippen molar-refractivity contribution in [3.63, 3.8) is 0 Å². The lowest BCUT2D eigenvalue weighted by Crippen LogP contribution is -2.54. The van der Waals surface area contributed by atoms with Gasteiger partial charge >= 0.3 is 6.09 Å². The number of likely N-dealkylation sites (tertiary alicyclic amines) is 1. The Hall–Kier alpha value is -4.33. The van der Waals surface area contributed by atoms with Crippen LogP contribution in [0.1, 0.15) is 111 Å². The lowest BCUT2D eigenvalue weighted by Gasteiger charge is -2.41. The van der Waals surface area contributed by atoms with Gasteiger partial charge in [-0.3, -0.25) is 19.2 Å². The molecule has 3 amide bonds. The van der Waals surface area contributed by atoms with Crippen molar-refractivity contribution in [2.75, 3.05) is 47.2 Å². The number of hydrogen-bond acceptors (Lipinski definition) is 10. The van der Waals surface area contributed by atoms with E-state index in [1.165, 1.54) is 4.90 Å². The lowest BCUT2D eigenvalue weighted by atomic mass is 9.83. The zero-order valence-corrected chi connectivity index (χ0v) is 40.3. The van der Waals surface area contributed by atoms with E-state index in [2.05, 4.69) is 5.32 Å². The Bertz CT molecular complexity index is 1760. The fourth-order valence-corrected chi connectivity index (χ4v) is 9.30. The summed E-state index contributed by atoms with van der Waals surface area (Å²) in [4.78, 5) is 74.9. The van der Waals surface area contributed by atoms with Gasteiger partial charge in [-0.2, -0.15) is 0 Å². The number of benzene rings is 2. The molecule has 1 aliphatic heterocycles. The zero-order chi connectivity index (χ0) is 47.1. The molecule has 0 spiro atoms. The minimum atomic E-state index is -0.815. The largest absolute Gasteiger partial charge is 0.445 e. The fraction of sp³-hybridized carbons (Fsp3) is 0.660. The number of aliphatic hydroxyl groups excluding tert-OH is 1. The molecule has 2 aromatic rings. The van der Waals surface area contributed by atoms with Gasteiger partial charge in [0.1, 0.15) is 12.4 Å². The molecule has 2 aromatic carbocycles. The number of ketones is 2. The minimum Gasteiger partial charge on any atom is -0.445 e. The summed E-state index contributed by atoms with van der Waals surface area (Å²) in [5, 5.41) is 14.0. The van der Waals surface area contributed by atoms with Crippen LogP contribution in [-0.2, 0) is 40.0 Å². The number of carbonyl (C=O) groups excluding carboxylic acids is 5. The van der Waals surface area contributed by atoms with E-state index in [1.807, 2.05) is 122 Å². The number of rotatable bonds is 25. The number of likely N-dealkylation sites (N-methyl/N-ethyl adjacent to an activating group) is 2. The molecule has 13 nitrogen and oxygen atoms in total. The second kappa shape index (κ2) is 25.2. The molecule has 1 saturated heterocycles. The molecule has 63 heavy (non-hydrogen) atoms. The van der Waals surface area contributed by atoms with Gasteiger partial charge in [-0.15, -0.1) is 0 Å². The van der Waals surface area contributed by atoms with E-state index in [1.54, 1.807) is 33.2 Å². The highest BCUT2D eigenvalue weighted by Gasteiger charge is 2.43. The highest BCUT2D eigenvalue weighted by molar-refractivity contribution is 5.92. The quantitative estimate of drug-likeness (QED) is 0.101. The van der Waals surface area contributed by atoms with Gasteiger partial charge in [-0.05, 0) is 59.8 Å². The first-order chi connectivity index (χ1) is 29.8. The molecule has 1 aliphatic rings. The van der Waals surface area contributed by atoms with Gasteiger partial charge in [-0.1, -0.05) is 104 Å². The van der Waals surface area contributed by atoms with Crippen molar-refractivity contribution in [3.05, 3.63) is 65.7 Å². The van der Waals surface area contributed by atoms with E-state index in [4.69, 9.17) is 14.2 Å². The number of Topliss-reactive ketones (excluding diaryl/α,β-unsaturated/α-hetero) is 2. The van der Waals surface area contributed by atoms with Gasteiger partial charge in [0.25, 0.3) is 0 Å². The number of methoxy groups -OCH3 is 2. The van der Waals surface area contributed by atoms with E-state index in [-0.39, 0.29) is 79.0 Å². The predicted molar refractivity (Wildman–Crippen MR) is 247 cm³/mol. The first-order valence-electron chi connectivity index (χ1n) is 22.9. The molecule has 0 saturated carbocycles. The lowest BCUT2D eigenvalue weighted by molar-refractivity contribution is -0.149. The van der Waals surface area contributed by atoms with Crippen LogP contribution in [0.15, 0.2) is 54.6 Å². The highest BCUT2D eigenvalue weighted by Crippen LogP contribution is 2.33. The Morgan fingerprint density at radius 1 is 0.810 bits per heavy atom. The van der Waals surface area contributed by atoms with Crippen LogP contribution in [0.3, 0.4) is 0 Å². The van der Waals surface area contributed by atoms with Gasteiger partial charge in [0.05, 0.1) is 42.9 Å². The molecule has 1 heterocycles. The van der Waals surface area contributed by atoms with E-state index in [0.717, 1.165) is 23.2 Å². The van der Waals surface area contributed by atoms with Crippen molar-refractivity contribution < 1.29 is 43.3 Å². The molecule has 0 radical (unpaired) electrons. The number of nitrogens with zero attached hydrogens (tertiary/aromatic N) is 3. The first-order valence-corrected chi connectivity index (χ1v) is 22.9. The summed E-state index contributed by atoms with van der Waals surface area (Å²) in [5.74, 6) is -2.68. The summed E-state index contributed by atoms with van der Waals surface area (Å²) in [6, 6.07) is 15.2. The molecule has 10 atom stereocenters. The van der Waals surface area contributed by atoms with E-state index in [0.29, 0.717) is 19.4 Å². The molecular formula is C50H78N4O9. The number of anilines is 1. The summed E-state index contributed by atoms with van der Waals surface area (Å²) >= 11 is 0. The standard InChI is InChI=1S/C50H78N4O9/c1-14-33(6)46(52(10)49(59)39(31(2)3)28-42(56)45(32(4)5)53(11)50(60)63-30-36-22-24-38(51-9)25-23-36)43(61-12)29-44(57)54-26-18-21-40(54)48(62-13)35(8)41(55)27-34(7)47(58)37-19-16-15-17-20-37/h15-17,19-20,22-25,31-35,39-40,43,45-48,51,58H,14,18,21,26-30H2,1-13H3/t33-,34-,35-,39-,40-,43+,45-,46-,47+,48+/m0/s1. The maximum Gasteiger partial charge on any atom is 0.410 e. The molecule has 1 fully saturated rings. The average Bonchev–Trinajstić information content (AvgIpc) is 3.76. The average molecular weight is 879 g/mol. The van der Waals surface area contributed by atoms with Gasteiger partial charge in [0, 0.05) is 72.3 Å². The number of nitrogens with one attached hydrogen (secondary N) is 1. The first kappa shape index (κ1) is 53.0. The molecule has 2 N–H and O–H groups in total. The van der Waals surface area contributed by atoms with Crippen LogP contribution in [0.4, 0.5) is 10.5 Å². The molecular weight excluding hydrogens is 801 g/mol. The summed E-state index contributed by atoms with van der Waals surface area (Å²) in [7, 11) is 8.24. The molecule has 0 bridgehead atoms. The normalized spacial score (nSPS) is 18.4. The number of carbonyl (C=O) groups is 5. The third kappa shape index (κ3) is 14.1. The highest BCUT2D eigenvalue weighted by atomic mass is 16.6. The molecule has 0 aliphatic carbocycles. The van der Waals surface area contributed by atoms with Crippen LogP contribution in [0.5, 0.6) is 0 Å². The van der Waals surface area contributed by atoms with Crippen molar-refractivity contribution in [3.8, 4) is 0 Å². The maximum atomic E-state index is 14.6. The van der Waals surface area contributed by atoms with Crippen molar-refractivity contribution in [2.24, 2.45) is 35.5 Å². The van der Waals surface area contributed by atoms with E-state index >= 15 is 0 Å². The number of aliphatic hydroxyl groups is 1. The van der Waals surface area contributed by atoms with Crippen molar-refractivity contribution in [2.45, 2.75) is 137 Å². The topological polar surface area (TPSA) is 155 Å². The van der Waals surface area contributed by atoms with Gasteiger partial charge in [0.2, 0.25) is 11.8 Å². The SMILES string of the molecule is CC[C@H](C)[C@@H]([C@@H](CC(=O)N1CCC[C@H]1[C@H](OC)[C@@H](C)C(=O)C[C@H](C)[C@@H](O)c1ccccc1)OC)N(C)C(=O)[C@@H](CC(=O)[C@H](C(C)C)N(C)C(=O)OCc1ccc(NC)cc1)C(C)C. The summed E-state index contributed by atoms with van der Waals surface area (Å²) < 4.78 is 17.7. The van der Waals surface area contributed by atoms with Crippen molar-refractivity contribution >= 4 is 35.2 Å². The number of ether oxygens (including phenoxy) is 3. The fourth-order valence-electron chi connectivity index (χ4n) is 9.30. The van der Waals surface area contributed by atoms with Crippen LogP contribution in [0, 0.1) is 35.5 Å². The van der Waals surface area contributed by atoms with Crippen LogP contribution in [0.2, 0.25) is 0 Å². The Balaban J connectivity index is 1.75. The third-order valence-corrected chi connectivity index (χ3v) is 13.4. The molecule has 352 valence electrons. The van der Waals surface area contributed by atoms with Crippen molar-refractivity contribution in [1.82, 2.24) is 14.7 Å². The van der Waals surface area contributed by atoms with E-state index < -0.39 is 48.3 Å². The van der Waals surface area contributed by atoms with Gasteiger partial charge in [-0.25, -0.2) is 4.79 Å². The summed E-state index contributed by atoms with van der Waals surface area (Å²) in [5.41, 5.74) is 2.51. The predicted octanol–water partition coefficient (Wildman–Crippen LogP) is 7.80. The zero-order valence-electron chi connectivity index (χ0n) is 40.3. The van der Waals surface area contributed by atoms with Crippen LogP contribution in [-0.4, -0.2) is 122 Å². The van der Waals surface area contributed by atoms with Crippen LogP contribution < -0.4 is 5.32 Å². The molecule has 0 aromatic heterocycles. The van der Waals surface area contributed by atoms with Gasteiger partial charge in [0.15, 0.2) is 5.78 Å². The maximum absolute atomic E-state index is 14.6. The number of hydrogen-bond donors (Lipinski definition) is 2. The van der Waals surface area contributed by atoms with E-state index in [9.17, 15) is 29.1 Å². The second-order valence-electron chi connectivity index (χ2n) is 18.4. The monoisotopic (exact) mass is 879 g/mol. The molecule has 13 heteroatoms. The Morgan fingerprint density at radius 3 is 1.98 bits per heavy atom. The van der Waals surface area contributed by atoms with Crippen LogP contribution >= 0.6 is 0 Å².